The lowest BCUT2D eigenvalue weighted by atomic mass is 10.1. The van der Waals surface area contributed by atoms with Crippen LogP contribution in [0.2, 0.25) is 0 Å². The Bertz CT molecular complexity index is 697. The third-order valence-electron chi connectivity index (χ3n) is 4.54. The van der Waals surface area contributed by atoms with Gasteiger partial charge in [0, 0.05) is 50.6 Å². The van der Waals surface area contributed by atoms with Crippen LogP contribution in [0, 0.1) is 6.92 Å². The molecule has 7 heteroatoms. The molecule has 0 amide bonds. The summed E-state index contributed by atoms with van der Waals surface area (Å²) in [6.07, 6.45) is 2.25. The number of aryl methyl sites for hydroxylation is 1. The number of anilines is 1. The van der Waals surface area contributed by atoms with Gasteiger partial charge >= 0.3 is 0 Å². The van der Waals surface area contributed by atoms with Crippen LogP contribution in [0.3, 0.4) is 0 Å². The highest BCUT2D eigenvalue weighted by molar-refractivity contribution is 5.41. The van der Waals surface area contributed by atoms with Crippen molar-refractivity contribution in [2.45, 2.75) is 25.9 Å². The van der Waals surface area contributed by atoms with E-state index < -0.39 is 0 Å². The summed E-state index contributed by atoms with van der Waals surface area (Å²) in [6, 6.07) is 8.22. The van der Waals surface area contributed by atoms with Crippen molar-refractivity contribution in [3.63, 3.8) is 0 Å². The minimum absolute atomic E-state index is 0.170. The Morgan fingerprint density at radius 3 is 2.92 bits per heavy atom. The number of aliphatic hydroxyl groups is 1. The number of aromatic nitrogens is 3. The Morgan fingerprint density at radius 2 is 2.16 bits per heavy atom. The van der Waals surface area contributed by atoms with Gasteiger partial charge in [-0.05, 0) is 25.5 Å². The average Bonchev–Trinajstić information content (AvgIpc) is 2.63. The maximum Gasteiger partial charge on any atom is 0.218 e. The summed E-state index contributed by atoms with van der Waals surface area (Å²) >= 11 is 0. The lowest BCUT2D eigenvalue weighted by Gasteiger charge is -2.41. The van der Waals surface area contributed by atoms with Crippen molar-refractivity contribution < 1.29 is 9.84 Å². The first kappa shape index (κ1) is 17.6. The van der Waals surface area contributed by atoms with E-state index in [1.54, 1.807) is 7.11 Å². The highest BCUT2D eigenvalue weighted by Crippen LogP contribution is 2.22. The second-order valence-corrected chi connectivity index (χ2v) is 6.27. The second-order valence-electron chi connectivity index (χ2n) is 6.27. The van der Waals surface area contributed by atoms with Crippen molar-refractivity contribution >= 4 is 5.82 Å². The average molecular weight is 343 g/mol. The van der Waals surface area contributed by atoms with Crippen molar-refractivity contribution in [3.05, 3.63) is 42.0 Å². The van der Waals surface area contributed by atoms with E-state index in [1.807, 2.05) is 25.1 Å². The molecule has 0 bridgehead atoms. The van der Waals surface area contributed by atoms with E-state index in [4.69, 9.17) is 4.74 Å². The summed E-state index contributed by atoms with van der Waals surface area (Å²) in [4.78, 5) is 17.7. The van der Waals surface area contributed by atoms with Gasteiger partial charge in [-0.25, -0.2) is 9.97 Å². The molecular formula is C18H25N5O2. The number of piperazine rings is 1. The first-order valence-electron chi connectivity index (χ1n) is 8.58. The monoisotopic (exact) mass is 343 g/mol. The molecule has 1 N–H and O–H groups in total. The molecule has 0 radical (unpaired) electrons. The standard InChI is InChI=1S/C18H25N5O2/c1-14-4-3-5-15(21-14)11-22-7-8-23(12-16(22)6-9-24)17-10-18(25-2)20-13-19-17/h3-5,10,13,16,24H,6-9,11-12H2,1-2H3/t16-/m1/s1. The van der Waals surface area contributed by atoms with Crippen LogP contribution in [0.25, 0.3) is 0 Å². The van der Waals surface area contributed by atoms with E-state index in [9.17, 15) is 5.11 Å². The predicted molar refractivity (Wildman–Crippen MR) is 95.7 cm³/mol. The number of rotatable bonds is 6. The molecule has 0 saturated carbocycles. The van der Waals surface area contributed by atoms with Crippen LogP contribution < -0.4 is 9.64 Å². The Hall–Kier alpha value is -2.25. The summed E-state index contributed by atoms with van der Waals surface area (Å²) < 4.78 is 5.19. The Morgan fingerprint density at radius 1 is 1.28 bits per heavy atom. The number of hydrogen-bond donors (Lipinski definition) is 1. The normalized spacial score (nSPS) is 18.4. The molecule has 0 aliphatic carbocycles. The zero-order valence-electron chi connectivity index (χ0n) is 14.8. The van der Waals surface area contributed by atoms with Crippen LogP contribution in [-0.4, -0.2) is 64.4 Å². The van der Waals surface area contributed by atoms with Crippen molar-refractivity contribution in [1.29, 1.82) is 0 Å². The van der Waals surface area contributed by atoms with Gasteiger partial charge in [-0.15, -0.1) is 0 Å². The third kappa shape index (κ3) is 4.43. The topological polar surface area (TPSA) is 74.6 Å². The van der Waals surface area contributed by atoms with E-state index >= 15 is 0 Å². The largest absolute Gasteiger partial charge is 0.481 e. The first-order chi connectivity index (χ1) is 12.2. The quantitative estimate of drug-likeness (QED) is 0.846. The molecule has 7 nitrogen and oxygen atoms in total. The van der Waals surface area contributed by atoms with Gasteiger partial charge in [0.05, 0.1) is 12.8 Å². The van der Waals surface area contributed by atoms with Gasteiger partial charge in [0.15, 0.2) is 0 Å². The zero-order chi connectivity index (χ0) is 17.6. The van der Waals surface area contributed by atoms with Gasteiger partial charge in [0.2, 0.25) is 5.88 Å². The fourth-order valence-electron chi connectivity index (χ4n) is 3.24. The highest BCUT2D eigenvalue weighted by atomic mass is 16.5. The van der Waals surface area contributed by atoms with E-state index in [2.05, 4.69) is 30.8 Å². The van der Waals surface area contributed by atoms with Crippen LogP contribution >= 0.6 is 0 Å². The molecule has 1 aliphatic heterocycles. The molecule has 1 saturated heterocycles. The molecule has 1 aliphatic rings. The van der Waals surface area contributed by atoms with Crippen LogP contribution in [0.5, 0.6) is 5.88 Å². The number of nitrogens with zero attached hydrogens (tertiary/aromatic N) is 5. The number of pyridine rings is 1. The maximum atomic E-state index is 9.48. The number of aliphatic hydroxyl groups excluding tert-OH is 1. The number of methoxy groups -OCH3 is 1. The molecule has 134 valence electrons. The van der Waals surface area contributed by atoms with Gasteiger partial charge in [-0.2, -0.15) is 0 Å². The first-order valence-corrected chi connectivity index (χ1v) is 8.58. The number of ether oxygens (including phenoxy) is 1. The van der Waals surface area contributed by atoms with E-state index in [1.165, 1.54) is 6.33 Å². The molecule has 0 unspecified atom stereocenters. The second kappa shape index (κ2) is 8.22. The van der Waals surface area contributed by atoms with E-state index in [-0.39, 0.29) is 12.6 Å². The molecule has 0 aromatic carbocycles. The van der Waals surface area contributed by atoms with Crippen molar-refractivity contribution in [2.75, 3.05) is 38.3 Å². The molecule has 0 spiro atoms. The number of hydrogen-bond acceptors (Lipinski definition) is 7. The Balaban J connectivity index is 1.71. The van der Waals surface area contributed by atoms with Crippen LogP contribution in [0.1, 0.15) is 17.8 Å². The summed E-state index contributed by atoms with van der Waals surface area (Å²) in [7, 11) is 1.60. The molecule has 1 atom stereocenters. The molecule has 25 heavy (non-hydrogen) atoms. The minimum Gasteiger partial charge on any atom is -0.481 e. The molecular weight excluding hydrogens is 318 g/mol. The lowest BCUT2D eigenvalue weighted by molar-refractivity contribution is 0.133. The van der Waals surface area contributed by atoms with E-state index in [0.29, 0.717) is 5.88 Å². The molecule has 2 aromatic heterocycles. The van der Waals surface area contributed by atoms with Crippen molar-refractivity contribution in [1.82, 2.24) is 19.9 Å². The van der Waals surface area contributed by atoms with E-state index in [0.717, 1.165) is 49.8 Å². The predicted octanol–water partition coefficient (Wildman–Crippen LogP) is 1.26. The fraction of sp³-hybridized carbons (Fsp3) is 0.500. The smallest absolute Gasteiger partial charge is 0.218 e. The summed E-state index contributed by atoms with van der Waals surface area (Å²) in [5, 5.41) is 9.48. The minimum atomic E-state index is 0.170. The van der Waals surface area contributed by atoms with Gasteiger partial charge in [0.25, 0.3) is 0 Å². The van der Waals surface area contributed by atoms with Crippen LogP contribution in [0.15, 0.2) is 30.6 Å². The summed E-state index contributed by atoms with van der Waals surface area (Å²) in [5.41, 5.74) is 2.10. The Kier molecular flexibility index (Phi) is 5.78. The summed E-state index contributed by atoms with van der Waals surface area (Å²) in [6.45, 7) is 5.55. The van der Waals surface area contributed by atoms with Gasteiger partial charge in [-0.1, -0.05) is 6.07 Å². The molecule has 1 fully saturated rings. The molecule has 3 rings (SSSR count). The van der Waals surface area contributed by atoms with Gasteiger partial charge in [0.1, 0.15) is 12.1 Å². The Labute approximate surface area is 148 Å². The zero-order valence-corrected chi connectivity index (χ0v) is 14.8. The fourth-order valence-corrected chi connectivity index (χ4v) is 3.24. The lowest BCUT2D eigenvalue weighted by Crippen LogP contribution is -2.53. The molecule has 3 heterocycles. The SMILES string of the molecule is COc1cc(N2CCN(Cc3cccc(C)n3)[C@H](CCO)C2)ncn1. The summed E-state index contributed by atoms with van der Waals surface area (Å²) in [5.74, 6) is 1.43. The van der Waals surface area contributed by atoms with Crippen LogP contribution in [-0.2, 0) is 6.54 Å². The maximum absolute atomic E-state index is 9.48. The van der Waals surface area contributed by atoms with Crippen LogP contribution in [0.4, 0.5) is 5.82 Å². The third-order valence-corrected chi connectivity index (χ3v) is 4.54. The molecule has 2 aromatic rings. The van der Waals surface area contributed by atoms with Gasteiger partial charge in [-0.3, -0.25) is 9.88 Å². The van der Waals surface area contributed by atoms with Crippen molar-refractivity contribution in [2.24, 2.45) is 0 Å². The van der Waals surface area contributed by atoms with Crippen molar-refractivity contribution in [3.8, 4) is 5.88 Å². The highest BCUT2D eigenvalue weighted by Gasteiger charge is 2.28. The van der Waals surface area contributed by atoms with Gasteiger partial charge < -0.3 is 14.7 Å².